The predicted octanol–water partition coefficient (Wildman–Crippen LogP) is 2.28. The van der Waals surface area contributed by atoms with Gasteiger partial charge in [-0.3, -0.25) is 9.59 Å². The molecule has 3 rings (SSSR count). The number of rotatable bonds is 5. The summed E-state index contributed by atoms with van der Waals surface area (Å²) in [4.78, 5) is 27.4. The van der Waals surface area contributed by atoms with Crippen LogP contribution >= 0.6 is 0 Å². The highest BCUT2D eigenvalue weighted by Gasteiger charge is 2.02. The van der Waals surface area contributed by atoms with Crippen LogP contribution in [0.1, 0.15) is 15.9 Å². The lowest BCUT2D eigenvalue weighted by molar-refractivity contribution is -0.111. The molecule has 0 saturated heterocycles. The van der Waals surface area contributed by atoms with E-state index in [1.807, 2.05) is 12.1 Å². The molecule has 0 fully saturated rings. The van der Waals surface area contributed by atoms with Crippen molar-refractivity contribution in [3.8, 4) is 5.69 Å². The fourth-order valence-corrected chi connectivity index (χ4v) is 2.28. The molecule has 7 nitrogen and oxygen atoms in total. The summed E-state index contributed by atoms with van der Waals surface area (Å²) in [6, 6.07) is 14.2. The maximum atomic E-state index is 12.0. The molecule has 0 saturated carbocycles. The second kappa shape index (κ2) is 7.89. The van der Waals surface area contributed by atoms with Crippen molar-refractivity contribution in [2.75, 3.05) is 12.4 Å². The van der Waals surface area contributed by atoms with Gasteiger partial charge in [-0.2, -0.15) is 5.10 Å². The van der Waals surface area contributed by atoms with Gasteiger partial charge in [-0.15, -0.1) is 0 Å². The lowest BCUT2D eigenvalue weighted by Crippen LogP contribution is -2.17. The highest BCUT2D eigenvalue weighted by molar-refractivity contribution is 6.02. The van der Waals surface area contributed by atoms with E-state index in [0.717, 1.165) is 11.3 Å². The first-order valence-electron chi connectivity index (χ1n) is 7.92. The van der Waals surface area contributed by atoms with Gasteiger partial charge in [0.05, 0.1) is 5.69 Å². The smallest absolute Gasteiger partial charge is 0.251 e. The monoisotopic (exact) mass is 347 g/mol. The van der Waals surface area contributed by atoms with Crippen molar-refractivity contribution in [1.29, 1.82) is 0 Å². The Morgan fingerprint density at radius 3 is 2.38 bits per heavy atom. The number of nitrogens with zero attached hydrogens (tertiary/aromatic N) is 3. The lowest BCUT2D eigenvalue weighted by Gasteiger charge is -2.04. The highest BCUT2D eigenvalue weighted by atomic mass is 16.2. The minimum Gasteiger partial charge on any atom is -0.355 e. The molecule has 130 valence electrons. The fraction of sp³-hybridized carbons (Fsp3) is 0.0526. The maximum Gasteiger partial charge on any atom is 0.251 e. The molecule has 0 unspecified atom stereocenters. The van der Waals surface area contributed by atoms with Crippen molar-refractivity contribution >= 4 is 23.6 Å². The number of carbonyl (C=O) groups excluding carboxylic acids is 2. The van der Waals surface area contributed by atoms with Gasteiger partial charge in [-0.25, -0.2) is 9.67 Å². The summed E-state index contributed by atoms with van der Waals surface area (Å²) in [5.74, 6) is -0.388. The van der Waals surface area contributed by atoms with E-state index in [-0.39, 0.29) is 11.8 Å². The van der Waals surface area contributed by atoms with Crippen LogP contribution < -0.4 is 10.6 Å². The third-order valence-corrected chi connectivity index (χ3v) is 3.65. The summed E-state index contributed by atoms with van der Waals surface area (Å²) in [6.07, 6.45) is 6.19. The summed E-state index contributed by atoms with van der Waals surface area (Å²) in [6.45, 7) is 0. The largest absolute Gasteiger partial charge is 0.355 e. The van der Waals surface area contributed by atoms with Gasteiger partial charge in [-0.05, 0) is 48.0 Å². The molecule has 0 atom stereocenters. The van der Waals surface area contributed by atoms with Crippen LogP contribution in [0.15, 0.2) is 67.3 Å². The SMILES string of the molecule is CNC(=O)c1ccc(/C=C/C(=O)Nc2ccc(-n3cncn3)cc2)cc1. The van der Waals surface area contributed by atoms with Crippen LogP contribution in [0.2, 0.25) is 0 Å². The van der Waals surface area contributed by atoms with E-state index in [1.54, 1.807) is 60.5 Å². The van der Waals surface area contributed by atoms with Crippen LogP contribution in [0.25, 0.3) is 11.8 Å². The molecule has 1 aromatic heterocycles. The Morgan fingerprint density at radius 2 is 1.77 bits per heavy atom. The van der Waals surface area contributed by atoms with Crippen LogP contribution in [0.5, 0.6) is 0 Å². The molecule has 1 heterocycles. The number of nitrogens with one attached hydrogen (secondary N) is 2. The molecule has 2 amide bonds. The van der Waals surface area contributed by atoms with Crippen molar-refractivity contribution in [2.24, 2.45) is 0 Å². The van der Waals surface area contributed by atoms with Gasteiger partial charge >= 0.3 is 0 Å². The van der Waals surface area contributed by atoms with Gasteiger partial charge in [0.15, 0.2) is 0 Å². The number of amides is 2. The van der Waals surface area contributed by atoms with Gasteiger partial charge in [0.2, 0.25) is 5.91 Å². The third-order valence-electron chi connectivity index (χ3n) is 3.65. The Morgan fingerprint density at radius 1 is 1.04 bits per heavy atom. The zero-order valence-corrected chi connectivity index (χ0v) is 14.1. The summed E-state index contributed by atoms with van der Waals surface area (Å²) >= 11 is 0. The first kappa shape index (κ1) is 17.1. The van der Waals surface area contributed by atoms with Crippen molar-refractivity contribution in [3.05, 3.63) is 78.4 Å². The molecule has 0 aliphatic carbocycles. The van der Waals surface area contributed by atoms with Crippen molar-refractivity contribution in [3.63, 3.8) is 0 Å². The van der Waals surface area contributed by atoms with E-state index in [1.165, 1.54) is 12.4 Å². The molecule has 7 heteroatoms. The van der Waals surface area contributed by atoms with Crippen molar-refractivity contribution in [2.45, 2.75) is 0 Å². The first-order chi connectivity index (χ1) is 12.7. The number of anilines is 1. The average molecular weight is 347 g/mol. The molecule has 0 aliphatic heterocycles. The van der Waals surface area contributed by atoms with Gasteiger partial charge in [-0.1, -0.05) is 12.1 Å². The standard InChI is InChI=1S/C19H17N5O2/c1-20-19(26)15-5-2-14(3-6-15)4-11-18(25)23-16-7-9-17(10-8-16)24-13-21-12-22-24/h2-13H,1H3,(H,20,26)(H,23,25)/b11-4+. The predicted molar refractivity (Wildman–Crippen MR) is 98.9 cm³/mol. The minimum absolute atomic E-state index is 0.146. The summed E-state index contributed by atoms with van der Waals surface area (Å²) < 4.78 is 1.63. The Labute approximate surface area is 150 Å². The van der Waals surface area contributed by atoms with E-state index < -0.39 is 0 Å². The van der Waals surface area contributed by atoms with Crippen molar-refractivity contribution < 1.29 is 9.59 Å². The third kappa shape index (κ3) is 4.21. The fourth-order valence-electron chi connectivity index (χ4n) is 2.28. The van der Waals surface area contributed by atoms with Gasteiger partial charge in [0.1, 0.15) is 12.7 Å². The van der Waals surface area contributed by atoms with E-state index in [2.05, 4.69) is 20.7 Å². The molecule has 2 N–H and O–H groups in total. The Balaban J connectivity index is 1.59. The molecule has 0 spiro atoms. The lowest BCUT2D eigenvalue weighted by atomic mass is 10.1. The maximum absolute atomic E-state index is 12.0. The second-order valence-corrected chi connectivity index (χ2v) is 5.41. The average Bonchev–Trinajstić information content (AvgIpc) is 3.21. The van der Waals surface area contributed by atoms with Crippen LogP contribution in [0, 0.1) is 0 Å². The van der Waals surface area contributed by atoms with E-state index in [9.17, 15) is 9.59 Å². The number of hydrogen-bond donors (Lipinski definition) is 2. The zero-order valence-electron chi connectivity index (χ0n) is 14.1. The number of benzene rings is 2. The minimum atomic E-state index is -0.242. The molecule has 0 bridgehead atoms. The molecule has 0 radical (unpaired) electrons. The van der Waals surface area contributed by atoms with E-state index in [0.29, 0.717) is 11.3 Å². The van der Waals surface area contributed by atoms with Crippen LogP contribution in [0.3, 0.4) is 0 Å². The molecule has 26 heavy (non-hydrogen) atoms. The van der Waals surface area contributed by atoms with Crippen LogP contribution in [0.4, 0.5) is 5.69 Å². The molecular formula is C19H17N5O2. The molecule has 3 aromatic rings. The van der Waals surface area contributed by atoms with Crippen LogP contribution in [-0.2, 0) is 4.79 Å². The highest BCUT2D eigenvalue weighted by Crippen LogP contribution is 2.12. The van der Waals surface area contributed by atoms with Gasteiger partial charge < -0.3 is 10.6 Å². The summed E-state index contributed by atoms with van der Waals surface area (Å²) in [7, 11) is 1.58. The van der Waals surface area contributed by atoms with E-state index >= 15 is 0 Å². The Bertz CT molecular complexity index is 914. The van der Waals surface area contributed by atoms with E-state index in [4.69, 9.17) is 0 Å². The van der Waals surface area contributed by atoms with Crippen LogP contribution in [-0.4, -0.2) is 33.6 Å². The normalized spacial score (nSPS) is 10.7. The van der Waals surface area contributed by atoms with Gasteiger partial charge in [0, 0.05) is 24.4 Å². The molecular weight excluding hydrogens is 330 g/mol. The number of aromatic nitrogens is 3. The first-order valence-corrected chi connectivity index (χ1v) is 7.92. The molecule has 2 aromatic carbocycles. The molecule has 0 aliphatic rings. The van der Waals surface area contributed by atoms with Crippen molar-refractivity contribution in [1.82, 2.24) is 20.1 Å². The quantitative estimate of drug-likeness (QED) is 0.693. The topological polar surface area (TPSA) is 88.9 Å². The second-order valence-electron chi connectivity index (χ2n) is 5.41. The van der Waals surface area contributed by atoms with Gasteiger partial charge in [0.25, 0.3) is 5.91 Å². The summed E-state index contributed by atoms with van der Waals surface area (Å²) in [5.41, 5.74) is 2.93. The zero-order chi connectivity index (χ0) is 18.4. The Kier molecular flexibility index (Phi) is 5.19. The Hall–Kier alpha value is -3.74. The summed E-state index contributed by atoms with van der Waals surface area (Å²) in [5, 5.41) is 9.39. The number of carbonyl (C=O) groups is 2. The number of hydrogen-bond acceptors (Lipinski definition) is 4.